The minimum absolute atomic E-state index is 0.0332. The van der Waals surface area contributed by atoms with Crippen molar-refractivity contribution in [3.8, 4) is 0 Å². The van der Waals surface area contributed by atoms with Gasteiger partial charge in [0.05, 0.1) is 4.92 Å². The van der Waals surface area contributed by atoms with Gasteiger partial charge in [-0.25, -0.2) is 0 Å². The molecule has 1 atom stereocenters. The molecular weight excluding hydrogens is 318 g/mol. The summed E-state index contributed by atoms with van der Waals surface area (Å²) in [5.41, 5.74) is 3.26. The molecule has 1 aliphatic heterocycles. The lowest BCUT2D eigenvalue weighted by atomic mass is 10.1. The number of nitrogens with zero attached hydrogens (tertiary/aromatic N) is 2. The molecule has 6 heteroatoms. The van der Waals surface area contributed by atoms with Crippen LogP contribution in [0.2, 0.25) is 0 Å². The summed E-state index contributed by atoms with van der Waals surface area (Å²) in [6.07, 6.45) is 1.01. The Balaban J connectivity index is 1.67. The minimum atomic E-state index is -0.462. The topological polar surface area (TPSA) is 75.5 Å². The van der Waals surface area contributed by atoms with E-state index in [4.69, 9.17) is 0 Å². The van der Waals surface area contributed by atoms with Crippen LogP contribution in [0.1, 0.15) is 28.4 Å². The van der Waals surface area contributed by atoms with Crippen molar-refractivity contribution in [2.45, 2.75) is 26.3 Å². The molecule has 2 aromatic rings. The smallest absolute Gasteiger partial charge is 0.273 e. The van der Waals surface area contributed by atoms with E-state index in [0.29, 0.717) is 17.7 Å². The average Bonchev–Trinajstić information content (AvgIpc) is 3.03. The van der Waals surface area contributed by atoms with Gasteiger partial charge in [0.25, 0.3) is 11.6 Å². The van der Waals surface area contributed by atoms with Crippen molar-refractivity contribution in [2.75, 3.05) is 18.0 Å². The van der Waals surface area contributed by atoms with Gasteiger partial charge in [-0.05, 0) is 38.0 Å². The minimum Gasteiger partial charge on any atom is -0.366 e. The van der Waals surface area contributed by atoms with Crippen LogP contribution in [-0.4, -0.2) is 30.0 Å². The number of nitro benzene ring substituents is 1. The fourth-order valence-corrected chi connectivity index (χ4v) is 3.33. The van der Waals surface area contributed by atoms with E-state index in [1.54, 1.807) is 19.1 Å². The monoisotopic (exact) mass is 339 g/mol. The van der Waals surface area contributed by atoms with Crippen LogP contribution in [0.25, 0.3) is 0 Å². The SMILES string of the molecule is Cc1c(C(=O)NC[C@H](C)N2CCc3ccccc32)cccc1[N+](=O)[O-]. The van der Waals surface area contributed by atoms with Crippen molar-refractivity contribution in [1.82, 2.24) is 5.32 Å². The van der Waals surface area contributed by atoms with E-state index in [0.717, 1.165) is 13.0 Å². The van der Waals surface area contributed by atoms with E-state index in [2.05, 4.69) is 29.3 Å². The zero-order valence-corrected chi connectivity index (χ0v) is 14.4. The van der Waals surface area contributed by atoms with Gasteiger partial charge in [0, 0.05) is 42.0 Å². The second-order valence-electron chi connectivity index (χ2n) is 6.34. The lowest BCUT2D eigenvalue weighted by Gasteiger charge is -2.27. The molecule has 3 rings (SSSR count). The van der Waals surface area contributed by atoms with Crippen LogP contribution in [0.4, 0.5) is 11.4 Å². The van der Waals surface area contributed by atoms with E-state index < -0.39 is 4.92 Å². The highest BCUT2D eigenvalue weighted by Crippen LogP contribution is 2.29. The lowest BCUT2D eigenvalue weighted by Crippen LogP contribution is -2.41. The standard InChI is InChI=1S/C19H21N3O3/c1-13(21-11-10-15-6-3-4-8-18(15)21)12-20-19(23)16-7-5-9-17(14(16)2)22(24)25/h3-9,13H,10-12H2,1-2H3,(H,20,23)/t13-/m0/s1. The summed E-state index contributed by atoms with van der Waals surface area (Å²) in [4.78, 5) is 25.3. The molecule has 130 valence electrons. The Morgan fingerprint density at radius 1 is 1.28 bits per heavy atom. The number of hydrogen-bond acceptors (Lipinski definition) is 4. The number of para-hydroxylation sites is 1. The van der Waals surface area contributed by atoms with E-state index in [1.807, 2.05) is 12.1 Å². The number of carbonyl (C=O) groups is 1. The van der Waals surface area contributed by atoms with Crippen molar-refractivity contribution < 1.29 is 9.72 Å². The summed E-state index contributed by atoms with van der Waals surface area (Å²) in [5, 5.41) is 13.9. The number of rotatable bonds is 5. The maximum atomic E-state index is 12.5. The molecule has 0 aliphatic carbocycles. The highest BCUT2D eigenvalue weighted by molar-refractivity contribution is 5.96. The van der Waals surface area contributed by atoms with Crippen LogP contribution >= 0.6 is 0 Å². The van der Waals surface area contributed by atoms with Crippen LogP contribution in [0.15, 0.2) is 42.5 Å². The Hall–Kier alpha value is -2.89. The zero-order chi connectivity index (χ0) is 18.0. The third kappa shape index (κ3) is 3.33. The van der Waals surface area contributed by atoms with Gasteiger partial charge in [0.15, 0.2) is 0 Å². The molecule has 0 aromatic heterocycles. The first-order chi connectivity index (χ1) is 12.0. The molecule has 0 saturated heterocycles. The van der Waals surface area contributed by atoms with Crippen LogP contribution in [0.5, 0.6) is 0 Å². The maximum absolute atomic E-state index is 12.5. The van der Waals surface area contributed by atoms with Crippen molar-refractivity contribution in [3.05, 3.63) is 69.3 Å². The molecule has 2 aromatic carbocycles. The molecule has 0 saturated carbocycles. The van der Waals surface area contributed by atoms with Crippen LogP contribution in [0, 0.1) is 17.0 Å². The summed E-state index contributed by atoms with van der Waals surface area (Å²) in [5.74, 6) is -0.277. The van der Waals surface area contributed by atoms with Gasteiger partial charge in [0.2, 0.25) is 0 Å². The van der Waals surface area contributed by atoms with Gasteiger partial charge in [-0.3, -0.25) is 14.9 Å². The molecule has 0 bridgehead atoms. The van der Waals surface area contributed by atoms with Gasteiger partial charge in [0.1, 0.15) is 0 Å². The van der Waals surface area contributed by atoms with Crippen LogP contribution in [0.3, 0.4) is 0 Å². The molecule has 1 heterocycles. The van der Waals surface area contributed by atoms with Crippen molar-refractivity contribution in [2.24, 2.45) is 0 Å². The zero-order valence-electron chi connectivity index (χ0n) is 14.4. The summed E-state index contributed by atoms with van der Waals surface area (Å²) < 4.78 is 0. The summed E-state index contributed by atoms with van der Waals surface area (Å²) in [6, 6.07) is 13.0. The lowest BCUT2D eigenvalue weighted by molar-refractivity contribution is -0.385. The molecule has 0 fully saturated rings. The van der Waals surface area contributed by atoms with Gasteiger partial charge in [-0.15, -0.1) is 0 Å². The van der Waals surface area contributed by atoms with E-state index in [9.17, 15) is 14.9 Å². The summed E-state index contributed by atoms with van der Waals surface area (Å²) >= 11 is 0. The fourth-order valence-electron chi connectivity index (χ4n) is 3.33. The quantitative estimate of drug-likeness (QED) is 0.671. The van der Waals surface area contributed by atoms with Crippen LogP contribution < -0.4 is 10.2 Å². The molecular formula is C19H21N3O3. The molecule has 0 radical (unpaired) electrons. The Morgan fingerprint density at radius 2 is 2.04 bits per heavy atom. The predicted octanol–water partition coefficient (Wildman–Crippen LogP) is 3.08. The number of hydrogen-bond donors (Lipinski definition) is 1. The van der Waals surface area contributed by atoms with E-state index >= 15 is 0 Å². The Morgan fingerprint density at radius 3 is 2.80 bits per heavy atom. The predicted molar refractivity (Wildman–Crippen MR) is 97.1 cm³/mol. The first-order valence-electron chi connectivity index (χ1n) is 8.35. The summed E-state index contributed by atoms with van der Waals surface area (Å²) in [7, 11) is 0. The average molecular weight is 339 g/mol. The Labute approximate surface area is 146 Å². The number of nitro groups is 1. The van der Waals surface area contributed by atoms with E-state index in [-0.39, 0.29) is 17.6 Å². The molecule has 1 aliphatic rings. The van der Waals surface area contributed by atoms with Crippen LogP contribution in [-0.2, 0) is 6.42 Å². The first kappa shape index (κ1) is 17.0. The molecule has 6 nitrogen and oxygen atoms in total. The normalized spacial score (nSPS) is 14.1. The number of nitrogens with one attached hydrogen (secondary N) is 1. The number of carbonyl (C=O) groups excluding carboxylic acids is 1. The molecule has 1 N–H and O–H groups in total. The second-order valence-corrected chi connectivity index (χ2v) is 6.34. The third-order valence-electron chi connectivity index (χ3n) is 4.76. The van der Waals surface area contributed by atoms with Gasteiger partial charge < -0.3 is 10.2 Å². The first-order valence-corrected chi connectivity index (χ1v) is 8.35. The Kier molecular flexibility index (Phi) is 4.70. The summed E-state index contributed by atoms with van der Waals surface area (Å²) in [6.45, 7) is 5.09. The number of anilines is 1. The maximum Gasteiger partial charge on any atom is 0.273 e. The Bertz CT molecular complexity index is 819. The van der Waals surface area contributed by atoms with Crippen molar-refractivity contribution in [3.63, 3.8) is 0 Å². The second kappa shape index (κ2) is 6.93. The fraction of sp³-hybridized carbons (Fsp3) is 0.316. The third-order valence-corrected chi connectivity index (χ3v) is 4.76. The highest BCUT2D eigenvalue weighted by Gasteiger charge is 2.24. The number of fused-ring (bicyclic) bond motifs is 1. The number of benzene rings is 2. The molecule has 0 spiro atoms. The van der Waals surface area contributed by atoms with Crippen molar-refractivity contribution in [1.29, 1.82) is 0 Å². The number of amides is 1. The van der Waals surface area contributed by atoms with E-state index in [1.165, 1.54) is 17.3 Å². The molecule has 1 amide bonds. The van der Waals surface area contributed by atoms with Gasteiger partial charge >= 0.3 is 0 Å². The molecule has 25 heavy (non-hydrogen) atoms. The van der Waals surface area contributed by atoms with Crippen molar-refractivity contribution >= 4 is 17.3 Å². The highest BCUT2D eigenvalue weighted by atomic mass is 16.6. The van der Waals surface area contributed by atoms with Gasteiger partial charge in [-0.1, -0.05) is 24.3 Å². The van der Waals surface area contributed by atoms with Gasteiger partial charge in [-0.2, -0.15) is 0 Å². The molecule has 0 unspecified atom stereocenters. The largest absolute Gasteiger partial charge is 0.366 e.